The minimum atomic E-state index is -0.832. The topological polar surface area (TPSA) is 79.7 Å². The molecule has 0 spiro atoms. The first-order valence-corrected chi connectivity index (χ1v) is 5.75. The SMILES string of the molecule is O=C=CC(=C=O)N1C(=C=O)C(Cl)=NC1c1ccccn1.[Re]. The maximum atomic E-state index is 11.0. The summed E-state index contributed by atoms with van der Waals surface area (Å²) in [7, 11) is 0. The first-order chi connectivity index (χ1) is 9.72. The quantitative estimate of drug-likeness (QED) is 0.480. The van der Waals surface area contributed by atoms with Gasteiger partial charge in [0.15, 0.2) is 28.9 Å². The van der Waals surface area contributed by atoms with Crippen LogP contribution in [0.2, 0.25) is 0 Å². The van der Waals surface area contributed by atoms with Crippen LogP contribution in [0.3, 0.4) is 0 Å². The van der Waals surface area contributed by atoms with Crippen LogP contribution in [0, 0.1) is 0 Å². The van der Waals surface area contributed by atoms with E-state index >= 15 is 0 Å². The summed E-state index contributed by atoms with van der Waals surface area (Å²) in [5.74, 6) is 4.59. The van der Waals surface area contributed by atoms with E-state index in [9.17, 15) is 14.4 Å². The van der Waals surface area contributed by atoms with Gasteiger partial charge in [-0.15, -0.1) is 0 Å². The summed E-state index contributed by atoms with van der Waals surface area (Å²) in [5, 5.41) is -0.122. The molecule has 0 amide bonds. The Kier molecular flexibility index (Phi) is 6.17. The van der Waals surface area contributed by atoms with Gasteiger partial charge in [-0.3, -0.25) is 9.88 Å². The number of hydrogen-bond acceptors (Lipinski definition) is 6. The fourth-order valence-electron chi connectivity index (χ4n) is 1.72. The average Bonchev–Trinajstić information content (AvgIpc) is 2.82. The summed E-state index contributed by atoms with van der Waals surface area (Å²) in [5.41, 5.74) is 0.0588. The van der Waals surface area contributed by atoms with E-state index in [1.165, 1.54) is 12.1 Å². The Labute approximate surface area is 138 Å². The van der Waals surface area contributed by atoms with Gasteiger partial charge in [0.2, 0.25) is 0 Å². The summed E-state index contributed by atoms with van der Waals surface area (Å²) in [4.78, 5) is 41.6. The smallest absolute Gasteiger partial charge is 0.171 e. The fraction of sp³-hybridized carbons (Fsp3) is 0.0769. The largest absolute Gasteiger partial charge is 0.291 e. The van der Waals surface area contributed by atoms with Crippen molar-refractivity contribution in [3.63, 3.8) is 0 Å². The van der Waals surface area contributed by atoms with E-state index in [2.05, 4.69) is 9.98 Å². The number of rotatable bonds is 3. The van der Waals surface area contributed by atoms with E-state index < -0.39 is 6.17 Å². The monoisotopic (exact) mass is 474 g/mol. The van der Waals surface area contributed by atoms with Gasteiger partial charge in [-0.1, -0.05) is 17.7 Å². The van der Waals surface area contributed by atoms with Crippen LogP contribution in [0.25, 0.3) is 0 Å². The molecule has 1 aromatic rings. The summed E-state index contributed by atoms with van der Waals surface area (Å²) in [6.07, 6.45) is 1.53. The zero-order valence-electron chi connectivity index (χ0n) is 10.3. The third-order valence-corrected chi connectivity index (χ3v) is 2.80. The van der Waals surface area contributed by atoms with Crippen LogP contribution in [0.15, 0.2) is 46.9 Å². The molecule has 6 nitrogen and oxygen atoms in total. The molecule has 0 bridgehead atoms. The van der Waals surface area contributed by atoms with Crippen molar-refractivity contribution in [2.75, 3.05) is 0 Å². The van der Waals surface area contributed by atoms with Crippen LogP contribution in [-0.2, 0) is 34.8 Å². The molecule has 0 saturated carbocycles. The number of allylic oxidation sites excluding steroid dienone is 2. The molecule has 0 N–H and O–H groups in total. The van der Waals surface area contributed by atoms with E-state index in [-0.39, 0.29) is 37.0 Å². The molecule has 0 aliphatic carbocycles. The summed E-state index contributed by atoms with van der Waals surface area (Å²) >= 11 is 5.84. The molecular weight excluding hydrogens is 468 g/mol. The fourth-order valence-corrected chi connectivity index (χ4v) is 1.94. The van der Waals surface area contributed by atoms with Gasteiger partial charge in [0.1, 0.15) is 11.6 Å². The zero-order valence-corrected chi connectivity index (χ0v) is 13.8. The van der Waals surface area contributed by atoms with Gasteiger partial charge in [-0.05, 0) is 12.1 Å². The molecule has 1 unspecified atom stereocenters. The Morgan fingerprint density at radius 3 is 2.62 bits per heavy atom. The van der Waals surface area contributed by atoms with E-state index in [1.54, 1.807) is 30.1 Å². The number of hydrogen-bond donors (Lipinski definition) is 0. The first kappa shape index (κ1) is 17.0. The van der Waals surface area contributed by atoms with Gasteiger partial charge in [-0.25, -0.2) is 19.4 Å². The summed E-state index contributed by atoms with van der Waals surface area (Å²) in [6.45, 7) is 0. The molecule has 8 heteroatoms. The molecule has 2 rings (SSSR count). The van der Waals surface area contributed by atoms with Gasteiger partial charge < -0.3 is 0 Å². The van der Waals surface area contributed by atoms with E-state index in [4.69, 9.17) is 11.6 Å². The predicted molar refractivity (Wildman–Crippen MR) is 70.8 cm³/mol. The standard InChI is InChI=1S/C13H6ClN3O3.Re/c14-12-11(8-20)17(9(7-19)4-6-18)13(16-12)10-3-1-2-5-15-10;/h1-5,13H;. The number of aliphatic imine (C=N–C) groups is 1. The molecule has 21 heavy (non-hydrogen) atoms. The number of carbonyl (C=O) groups excluding carboxylic acids is 3. The molecule has 0 aromatic carbocycles. The first-order valence-electron chi connectivity index (χ1n) is 5.38. The molecule has 1 aliphatic heterocycles. The Bertz CT molecular complexity index is 715. The van der Waals surface area contributed by atoms with Crippen molar-refractivity contribution < 1.29 is 34.8 Å². The second-order valence-corrected chi connectivity index (χ2v) is 3.98. The van der Waals surface area contributed by atoms with Crippen molar-refractivity contribution >= 4 is 34.6 Å². The maximum Gasteiger partial charge on any atom is 0.171 e. The van der Waals surface area contributed by atoms with Crippen molar-refractivity contribution in [2.45, 2.75) is 6.17 Å². The van der Waals surface area contributed by atoms with Crippen LogP contribution in [0.4, 0.5) is 0 Å². The summed E-state index contributed by atoms with van der Waals surface area (Å²) < 4.78 is 0. The van der Waals surface area contributed by atoms with E-state index in [0.717, 1.165) is 11.0 Å². The van der Waals surface area contributed by atoms with Crippen LogP contribution in [0.1, 0.15) is 11.9 Å². The van der Waals surface area contributed by atoms with Crippen molar-refractivity contribution in [1.82, 2.24) is 9.88 Å². The molecule has 1 aliphatic rings. The van der Waals surface area contributed by atoms with Crippen LogP contribution in [0.5, 0.6) is 0 Å². The third kappa shape index (κ3) is 3.33. The molecule has 105 valence electrons. The molecule has 1 aromatic heterocycles. The second-order valence-electron chi connectivity index (χ2n) is 3.62. The number of pyridine rings is 1. The maximum absolute atomic E-state index is 11.0. The molecule has 0 fully saturated rings. The average molecular weight is 474 g/mol. The van der Waals surface area contributed by atoms with Crippen LogP contribution < -0.4 is 0 Å². The minimum absolute atomic E-state index is 0. The number of aromatic nitrogens is 1. The molecule has 1 radical (unpaired) electrons. The van der Waals surface area contributed by atoms with Crippen molar-refractivity contribution in [2.24, 2.45) is 4.99 Å². The minimum Gasteiger partial charge on any atom is -0.291 e. The zero-order chi connectivity index (χ0) is 14.5. The van der Waals surface area contributed by atoms with Gasteiger partial charge in [0.05, 0.1) is 11.8 Å². The Hall–Kier alpha value is -2.08. The van der Waals surface area contributed by atoms with Crippen molar-refractivity contribution in [1.29, 1.82) is 0 Å². The van der Waals surface area contributed by atoms with Crippen LogP contribution in [-0.4, -0.2) is 32.9 Å². The molecular formula is C13H6ClN3O3Re. The number of nitrogens with zero attached hydrogens (tertiary/aromatic N) is 3. The predicted octanol–water partition coefficient (Wildman–Crippen LogP) is 0.849. The third-order valence-electron chi connectivity index (χ3n) is 2.53. The Morgan fingerprint density at radius 1 is 1.33 bits per heavy atom. The van der Waals surface area contributed by atoms with E-state index in [0.29, 0.717) is 5.69 Å². The molecule has 0 saturated heterocycles. The molecule has 1 atom stereocenters. The normalized spacial score (nSPS) is 16.0. The van der Waals surface area contributed by atoms with Crippen LogP contribution >= 0.6 is 11.6 Å². The van der Waals surface area contributed by atoms with E-state index in [1.807, 2.05) is 0 Å². The van der Waals surface area contributed by atoms with Gasteiger partial charge in [0, 0.05) is 26.6 Å². The Morgan fingerprint density at radius 2 is 2.10 bits per heavy atom. The van der Waals surface area contributed by atoms with Gasteiger partial charge >= 0.3 is 0 Å². The summed E-state index contributed by atoms with van der Waals surface area (Å²) in [6, 6.07) is 5.06. The second kappa shape index (κ2) is 7.64. The van der Waals surface area contributed by atoms with Crippen molar-refractivity contribution in [3.8, 4) is 0 Å². The number of halogens is 1. The molecule has 2 heterocycles. The van der Waals surface area contributed by atoms with Crippen molar-refractivity contribution in [3.05, 3.63) is 47.6 Å². The van der Waals surface area contributed by atoms with Gasteiger partial charge in [0.25, 0.3) is 0 Å². The Balaban J connectivity index is 0.00000220. The van der Waals surface area contributed by atoms with Gasteiger partial charge in [-0.2, -0.15) is 0 Å².